The molecule has 276 valence electrons. The van der Waals surface area contributed by atoms with Crippen LogP contribution in [0.3, 0.4) is 0 Å². The Labute approximate surface area is 303 Å². The van der Waals surface area contributed by atoms with E-state index in [1.54, 1.807) is 45.2 Å². The summed E-state index contributed by atoms with van der Waals surface area (Å²) in [5.41, 5.74) is -0.903. The van der Waals surface area contributed by atoms with Crippen molar-refractivity contribution in [2.45, 2.75) is 95.2 Å². The average molecular weight is 738 g/mol. The Morgan fingerprint density at radius 3 is 2.62 bits per heavy atom. The summed E-state index contributed by atoms with van der Waals surface area (Å²) >= 11 is 10.8. The van der Waals surface area contributed by atoms with Crippen LogP contribution in [0.4, 0.5) is 10.5 Å². The van der Waals surface area contributed by atoms with Crippen molar-refractivity contribution >= 4 is 53.8 Å². The maximum atomic E-state index is 14.0. The molecule has 1 aromatic rings. The summed E-state index contributed by atoms with van der Waals surface area (Å²) in [6, 6.07) is 2.60. The molecule has 8 atom stereocenters. The maximum Gasteiger partial charge on any atom is 0.409 e. The first-order valence-electron chi connectivity index (χ1n) is 16.4. The third-order valence-corrected chi connectivity index (χ3v) is 10.5. The van der Waals surface area contributed by atoms with Crippen LogP contribution in [0, 0.1) is 5.92 Å². The van der Waals surface area contributed by atoms with Gasteiger partial charge in [-0.05, 0) is 50.6 Å². The molecule has 0 aliphatic carbocycles. The Kier molecular flexibility index (Phi) is 12.6. The van der Waals surface area contributed by atoms with E-state index in [-0.39, 0.29) is 30.2 Å². The number of anilines is 1. The van der Waals surface area contributed by atoms with Gasteiger partial charge in [-0.3, -0.25) is 14.9 Å². The van der Waals surface area contributed by atoms with Crippen LogP contribution in [-0.4, -0.2) is 110 Å². The van der Waals surface area contributed by atoms with E-state index >= 15 is 0 Å². The number of benzene rings is 1. The third-order valence-electron chi connectivity index (χ3n) is 9.85. The van der Waals surface area contributed by atoms with E-state index < -0.39 is 65.7 Å². The number of hydrogen-bond donors (Lipinski definition) is 3. The highest BCUT2D eigenvalue weighted by Crippen LogP contribution is 2.49. The van der Waals surface area contributed by atoms with Crippen molar-refractivity contribution in [3.05, 3.63) is 46.5 Å². The summed E-state index contributed by atoms with van der Waals surface area (Å²) in [4.78, 5) is 55.6. The fourth-order valence-electron chi connectivity index (χ4n) is 6.49. The molecule has 0 aromatic heterocycles. The zero-order valence-electron chi connectivity index (χ0n) is 29.7. The zero-order valence-corrected chi connectivity index (χ0v) is 31.4. The number of carbonyl (C=O) groups excluding carboxylic acids is 4. The predicted octanol–water partition coefficient (Wildman–Crippen LogP) is 3.83. The van der Waals surface area contributed by atoms with E-state index in [0.29, 0.717) is 23.6 Å². The highest BCUT2D eigenvalue weighted by Gasteiger charge is 2.64. The van der Waals surface area contributed by atoms with Crippen LogP contribution in [0.25, 0.3) is 0 Å². The van der Waals surface area contributed by atoms with E-state index in [9.17, 15) is 24.3 Å². The maximum absolute atomic E-state index is 14.0. The van der Waals surface area contributed by atoms with Crippen molar-refractivity contribution in [2.24, 2.45) is 5.92 Å². The zero-order chi connectivity index (χ0) is 37.1. The molecule has 3 amide bonds. The molecule has 4 rings (SSSR count). The molecule has 15 heteroatoms. The molecule has 3 heterocycles. The number of aliphatic hydroxyl groups is 1. The van der Waals surface area contributed by atoms with Gasteiger partial charge in [-0.1, -0.05) is 42.3 Å². The second-order valence-electron chi connectivity index (χ2n) is 13.4. The lowest BCUT2D eigenvalue weighted by Gasteiger charge is -2.42. The van der Waals surface area contributed by atoms with E-state index in [4.69, 9.17) is 35.3 Å². The van der Waals surface area contributed by atoms with Crippen molar-refractivity contribution in [1.82, 2.24) is 10.2 Å². The monoisotopic (exact) mass is 737 g/mol. The average Bonchev–Trinajstić information content (AvgIpc) is 3.76. The highest BCUT2D eigenvalue weighted by molar-refractivity contribution is 7.80. The third kappa shape index (κ3) is 8.42. The van der Waals surface area contributed by atoms with Crippen LogP contribution in [0.1, 0.15) is 52.5 Å². The molecule has 2 N–H and O–H groups in total. The number of methoxy groups -OCH3 is 2. The lowest BCUT2D eigenvalue weighted by Crippen LogP contribution is -2.63. The van der Waals surface area contributed by atoms with Gasteiger partial charge in [-0.2, -0.15) is 12.6 Å². The normalized spacial score (nSPS) is 32.3. The molecule has 50 heavy (non-hydrogen) atoms. The molecule has 2 fully saturated rings. The van der Waals surface area contributed by atoms with Crippen LogP contribution in [0.2, 0.25) is 5.02 Å². The van der Waals surface area contributed by atoms with E-state index in [0.717, 1.165) is 11.1 Å². The minimum atomic E-state index is -1.82. The molecular weight excluding hydrogens is 690 g/mol. The SMILES string of the molecule is COc1cc2cc(c1Cl)N(C)C(=O)C[C@@H](OC(=O)[C@H](C)N(C)C(=O)CCS)[C@]1(C)O[C@H]1[C@H](C)[C@@H]1C[C@@](O)(NC(=O)O1)[C@H](OC)/C=C/C=C(\C)C2. The van der Waals surface area contributed by atoms with E-state index in [2.05, 4.69) is 17.9 Å². The Balaban J connectivity index is 1.78. The quantitative estimate of drug-likeness (QED) is 0.214. The summed E-state index contributed by atoms with van der Waals surface area (Å²) in [5, 5.41) is 14.4. The number of thiol groups is 1. The number of hydrogen-bond acceptors (Lipinski definition) is 11. The van der Waals surface area contributed by atoms with Crippen molar-refractivity contribution in [1.29, 1.82) is 0 Å². The second-order valence-corrected chi connectivity index (χ2v) is 14.2. The van der Waals surface area contributed by atoms with Gasteiger partial charge in [-0.15, -0.1) is 0 Å². The van der Waals surface area contributed by atoms with E-state index in [1.165, 1.54) is 38.0 Å². The van der Waals surface area contributed by atoms with Gasteiger partial charge in [0.05, 0.1) is 25.3 Å². The first kappa shape index (κ1) is 39.5. The fourth-order valence-corrected chi connectivity index (χ4v) is 6.99. The van der Waals surface area contributed by atoms with Crippen LogP contribution in [0.15, 0.2) is 35.9 Å². The highest BCUT2D eigenvalue weighted by atomic mass is 35.5. The van der Waals surface area contributed by atoms with Crippen molar-refractivity contribution in [2.75, 3.05) is 39.0 Å². The molecule has 3 aliphatic rings. The molecular formula is C35H48ClN3O10S. The number of allylic oxidation sites excluding steroid dienone is 3. The number of alkyl carbamates (subject to hydrolysis) is 1. The lowest BCUT2D eigenvalue weighted by atomic mass is 9.83. The summed E-state index contributed by atoms with van der Waals surface area (Å²) in [7, 11) is 5.98. The molecule has 0 unspecified atom stereocenters. The smallest absolute Gasteiger partial charge is 0.409 e. The number of likely N-dealkylation sites (N-methyl/N-ethyl adjacent to an activating group) is 1. The van der Waals surface area contributed by atoms with Crippen LogP contribution in [-0.2, 0) is 39.8 Å². The molecule has 0 spiro atoms. The molecule has 4 bridgehead atoms. The number of epoxide rings is 1. The standard InChI is InChI=1S/C35H48ClN3O10S/c1-19-10-9-11-26(46-8)35(44)18-25(47-33(43)37-35)20(2)31-34(4,49-31)27(48-32(42)21(3)38(5)28(40)12-13-50)17-29(41)39(6)23-15-22(14-19)16-24(45-7)30(23)36/h9-11,15-16,20-21,25-27,31,44,50H,12-14,17-18H2,1-8H3,(H,37,43)/b11-9+,19-10+/t20-,21+,25+,26-,27-,31+,34+,35+/m1/s1. The number of esters is 1. The number of nitrogens with zero attached hydrogens (tertiary/aromatic N) is 2. The molecule has 13 nitrogen and oxygen atoms in total. The van der Waals surface area contributed by atoms with Crippen molar-refractivity contribution in [3.8, 4) is 5.75 Å². The molecule has 2 saturated heterocycles. The largest absolute Gasteiger partial charge is 0.495 e. The van der Waals surface area contributed by atoms with Crippen molar-refractivity contribution in [3.63, 3.8) is 0 Å². The molecule has 1 aromatic carbocycles. The molecule has 0 radical (unpaired) electrons. The number of rotatable bonds is 7. The van der Waals surface area contributed by atoms with Crippen molar-refractivity contribution < 1.29 is 48.0 Å². The van der Waals surface area contributed by atoms with Gasteiger partial charge in [0, 0.05) is 40.0 Å². The number of fused-ring (bicyclic) bond motifs is 5. The number of nitrogens with one attached hydrogen (secondary N) is 1. The summed E-state index contributed by atoms with van der Waals surface area (Å²) in [5.74, 6) is -1.30. The summed E-state index contributed by atoms with van der Waals surface area (Å²) in [6.45, 7) is 6.96. The first-order chi connectivity index (χ1) is 23.5. The van der Waals surface area contributed by atoms with Gasteiger partial charge in [0.15, 0.2) is 5.72 Å². The van der Waals surface area contributed by atoms with E-state index in [1.807, 2.05) is 13.0 Å². The Morgan fingerprint density at radius 2 is 1.98 bits per heavy atom. The Bertz CT molecular complexity index is 1540. The van der Waals surface area contributed by atoms with Crippen LogP contribution >= 0.6 is 24.2 Å². The van der Waals surface area contributed by atoms with Gasteiger partial charge < -0.3 is 38.6 Å². The molecule has 3 aliphatic heterocycles. The second kappa shape index (κ2) is 15.9. The van der Waals surface area contributed by atoms with Gasteiger partial charge in [0.2, 0.25) is 11.8 Å². The minimum Gasteiger partial charge on any atom is -0.495 e. The number of ether oxygens (including phenoxy) is 5. The van der Waals surface area contributed by atoms with Gasteiger partial charge >= 0.3 is 12.1 Å². The Hall–Kier alpha value is -3.30. The summed E-state index contributed by atoms with van der Waals surface area (Å²) in [6.07, 6.45) is 1.08. The van der Waals surface area contributed by atoms with Gasteiger partial charge in [0.25, 0.3) is 0 Å². The van der Waals surface area contributed by atoms with Crippen LogP contribution < -0.4 is 15.0 Å². The number of halogens is 1. The van der Waals surface area contributed by atoms with Gasteiger partial charge in [0.1, 0.15) is 40.7 Å². The Morgan fingerprint density at radius 1 is 1.28 bits per heavy atom. The molecule has 0 saturated carbocycles. The van der Waals surface area contributed by atoms with Gasteiger partial charge in [-0.25, -0.2) is 9.59 Å². The topological polar surface area (TPSA) is 156 Å². The number of carbonyl (C=O) groups is 4. The fraction of sp³-hybridized carbons (Fsp3) is 0.600. The lowest BCUT2D eigenvalue weighted by molar-refractivity contribution is -0.161. The summed E-state index contributed by atoms with van der Waals surface area (Å²) < 4.78 is 29.0. The predicted molar refractivity (Wildman–Crippen MR) is 189 cm³/mol. The first-order valence-corrected chi connectivity index (χ1v) is 17.5. The number of amides is 3. The van der Waals surface area contributed by atoms with Crippen LogP contribution in [0.5, 0.6) is 5.75 Å². The minimum absolute atomic E-state index is 0.0489.